The Kier molecular flexibility index (Phi) is 89.6. The summed E-state index contributed by atoms with van der Waals surface area (Å²) in [7, 11) is 0. The first-order valence-electron chi connectivity index (χ1n) is 0.796. The zero-order chi connectivity index (χ0) is 2.71. The first-order valence-corrected chi connectivity index (χ1v) is 1.71. The van der Waals surface area contributed by atoms with E-state index >= 15 is 0 Å². The normalized spacial score (nSPS) is 2.80. The molecule has 0 aromatic rings. The van der Waals surface area contributed by atoms with Crippen LogP contribution in [0.4, 0.5) is 0 Å². The highest BCUT2D eigenvalue weighted by molar-refractivity contribution is 9.23. The summed E-state index contributed by atoms with van der Waals surface area (Å²) in [6.07, 6.45) is 1.81. The monoisotopic (exact) mass is 141 g/mol. The SMILES string of the molecule is C[B]Br.O.O. The Labute approximate surface area is 40.4 Å². The Bertz CT molecular complexity index is 9.61. The Balaban J connectivity index is -0.0000000200. The molecule has 0 saturated heterocycles. The second kappa shape index (κ2) is 25.0. The maximum atomic E-state index is 3.02. The van der Waals surface area contributed by atoms with Gasteiger partial charge < -0.3 is 11.0 Å². The van der Waals surface area contributed by atoms with Crippen molar-refractivity contribution in [2.75, 3.05) is 0 Å². The number of halogens is 1. The zero-order valence-electron chi connectivity index (χ0n) is 2.96. The molecule has 33 valence electrons. The second-order valence-corrected chi connectivity index (χ2v) is 1.13. The van der Waals surface area contributed by atoms with Crippen LogP contribution in [-0.4, -0.2) is 17.1 Å². The Hall–Kier alpha value is 0.465. The molecule has 0 aliphatic heterocycles. The summed E-state index contributed by atoms with van der Waals surface area (Å²) in [6.45, 7) is 1.92. The smallest absolute Gasteiger partial charge is 0.202 e. The third-order valence-electron chi connectivity index (χ3n) is 0. The van der Waals surface area contributed by atoms with Gasteiger partial charge in [0, 0.05) is 0 Å². The average molecular weight is 142 g/mol. The zero-order valence-corrected chi connectivity index (χ0v) is 4.54. The van der Waals surface area contributed by atoms with Gasteiger partial charge in [-0.25, -0.2) is 0 Å². The largest absolute Gasteiger partial charge is 0.412 e. The summed E-state index contributed by atoms with van der Waals surface area (Å²) in [5.41, 5.74) is 0. The summed E-state index contributed by atoms with van der Waals surface area (Å²) in [6, 6.07) is 0. The van der Waals surface area contributed by atoms with Gasteiger partial charge in [-0.2, -0.15) is 15.8 Å². The molecular formula is CH7BBrO2. The average Bonchev–Trinajstić information content (AvgIpc) is 0.918. The van der Waals surface area contributed by atoms with Crippen molar-refractivity contribution >= 4 is 21.9 Å². The first kappa shape index (κ1) is 17.9. The van der Waals surface area contributed by atoms with Crippen LogP contribution < -0.4 is 0 Å². The van der Waals surface area contributed by atoms with E-state index in [1.165, 1.54) is 0 Å². The quantitative estimate of drug-likeness (QED) is 0.405. The van der Waals surface area contributed by atoms with E-state index in [4.69, 9.17) is 0 Å². The van der Waals surface area contributed by atoms with Gasteiger partial charge in [-0.1, -0.05) is 6.82 Å². The maximum Gasteiger partial charge on any atom is 0.202 e. The summed E-state index contributed by atoms with van der Waals surface area (Å²) in [5, 5.41) is 0. The molecule has 0 atom stereocenters. The number of hydrogen-bond acceptors (Lipinski definition) is 0. The lowest BCUT2D eigenvalue weighted by molar-refractivity contribution is 0.823. The lowest BCUT2D eigenvalue weighted by Crippen LogP contribution is -1.43. The highest BCUT2D eigenvalue weighted by Gasteiger charge is 1.46. The van der Waals surface area contributed by atoms with Gasteiger partial charge in [-0.05, 0) is 0 Å². The molecule has 0 heterocycles. The van der Waals surface area contributed by atoms with Gasteiger partial charge in [-0.15, -0.1) is 0 Å². The van der Waals surface area contributed by atoms with Crippen LogP contribution in [0, 0.1) is 0 Å². The molecule has 0 aromatic heterocycles. The first-order chi connectivity index (χ1) is 1.41. The molecule has 0 aromatic carbocycles. The van der Waals surface area contributed by atoms with E-state index in [1.54, 1.807) is 0 Å². The van der Waals surface area contributed by atoms with Gasteiger partial charge in [0.05, 0.1) is 0 Å². The van der Waals surface area contributed by atoms with E-state index in [-0.39, 0.29) is 11.0 Å². The topological polar surface area (TPSA) is 63.0 Å². The molecule has 0 aliphatic rings. The summed E-state index contributed by atoms with van der Waals surface area (Å²) in [4.78, 5) is 0. The number of hydrogen-bond donors (Lipinski definition) is 0. The molecule has 4 heteroatoms. The van der Waals surface area contributed by atoms with E-state index in [9.17, 15) is 0 Å². The fraction of sp³-hybridized carbons (Fsp3) is 1.00. The maximum absolute atomic E-state index is 3.02. The van der Waals surface area contributed by atoms with Crippen molar-refractivity contribution in [1.29, 1.82) is 0 Å². The molecule has 0 rings (SSSR count). The van der Waals surface area contributed by atoms with E-state index in [0.717, 1.165) is 0 Å². The molecule has 1 radical (unpaired) electrons. The van der Waals surface area contributed by atoms with Crippen LogP contribution in [0.2, 0.25) is 6.82 Å². The van der Waals surface area contributed by atoms with E-state index in [2.05, 4.69) is 15.8 Å². The summed E-state index contributed by atoms with van der Waals surface area (Å²) < 4.78 is 0. The summed E-state index contributed by atoms with van der Waals surface area (Å²) in [5.74, 6) is 0. The van der Waals surface area contributed by atoms with Crippen LogP contribution in [0.5, 0.6) is 0 Å². The van der Waals surface area contributed by atoms with Gasteiger partial charge in [0.25, 0.3) is 0 Å². The van der Waals surface area contributed by atoms with Crippen molar-refractivity contribution in [3.05, 3.63) is 0 Å². The highest BCUT2D eigenvalue weighted by atomic mass is 79.9. The van der Waals surface area contributed by atoms with Gasteiger partial charge in [0.2, 0.25) is 6.10 Å². The Morgan fingerprint density at radius 1 is 1.40 bits per heavy atom. The molecular weight excluding hydrogens is 135 g/mol. The Morgan fingerprint density at radius 2 is 1.40 bits per heavy atom. The second-order valence-electron chi connectivity index (χ2n) is 0.218. The van der Waals surface area contributed by atoms with Crippen molar-refractivity contribution in [2.45, 2.75) is 6.82 Å². The van der Waals surface area contributed by atoms with Crippen LogP contribution in [0.15, 0.2) is 0 Å². The predicted molar refractivity (Wildman–Crippen MR) is 27.8 cm³/mol. The lowest BCUT2D eigenvalue weighted by Gasteiger charge is -1.38. The fourth-order valence-electron chi connectivity index (χ4n) is 0. The molecule has 0 fully saturated rings. The minimum atomic E-state index is 0. The summed E-state index contributed by atoms with van der Waals surface area (Å²) >= 11 is 3.02. The van der Waals surface area contributed by atoms with E-state index in [0.29, 0.717) is 0 Å². The van der Waals surface area contributed by atoms with Crippen LogP contribution >= 0.6 is 15.8 Å². The third-order valence-corrected chi connectivity index (χ3v) is 0. The number of rotatable bonds is 0. The minimum Gasteiger partial charge on any atom is -0.412 e. The van der Waals surface area contributed by atoms with Crippen molar-refractivity contribution in [1.82, 2.24) is 0 Å². The molecule has 0 spiro atoms. The van der Waals surface area contributed by atoms with Crippen molar-refractivity contribution < 1.29 is 11.0 Å². The molecule has 0 bridgehead atoms. The van der Waals surface area contributed by atoms with Crippen LogP contribution in [-0.2, 0) is 0 Å². The standard InChI is InChI=1S/CH3BBr.2H2O/c1-2-3;;/h1H3;2*1H2. The van der Waals surface area contributed by atoms with Crippen molar-refractivity contribution in [3.63, 3.8) is 0 Å². The highest BCUT2D eigenvalue weighted by Crippen LogP contribution is 1.62. The van der Waals surface area contributed by atoms with E-state index < -0.39 is 0 Å². The molecule has 0 saturated carbocycles. The van der Waals surface area contributed by atoms with Gasteiger partial charge >= 0.3 is 0 Å². The van der Waals surface area contributed by atoms with Crippen molar-refractivity contribution in [2.24, 2.45) is 0 Å². The molecule has 0 aliphatic carbocycles. The van der Waals surface area contributed by atoms with Gasteiger partial charge in [-0.3, -0.25) is 0 Å². The predicted octanol–water partition coefficient (Wildman–Crippen LogP) is -0.601. The third kappa shape index (κ3) is 125. The van der Waals surface area contributed by atoms with Crippen LogP contribution in [0.3, 0.4) is 0 Å². The van der Waals surface area contributed by atoms with Gasteiger partial charge in [0.1, 0.15) is 0 Å². The lowest BCUT2D eigenvalue weighted by atomic mass is 10.2. The van der Waals surface area contributed by atoms with Crippen LogP contribution in [0.25, 0.3) is 0 Å². The van der Waals surface area contributed by atoms with Crippen LogP contribution in [0.1, 0.15) is 0 Å². The molecule has 5 heavy (non-hydrogen) atoms. The Morgan fingerprint density at radius 3 is 1.40 bits per heavy atom. The molecule has 0 amide bonds. The fourth-order valence-corrected chi connectivity index (χ4v) is 0. The van der Waals surface area contributed by atoms with Gasteiger partial charge in [0.15, 0.2) is 0 Å². The van der Waals surface area contributed by atoms with Crippen molar-refractivity contribution in [3.8, 4) is 0 Å². The molecule has 2 nitrogen and oxygen atoms in total. The molecule has 0 unspecified atom stereocenters. The minimum absolute atomic E-state index is 0. The van der Waals surface area contributed by atoms with E-state index in [1.807, 2.05) is 12.9 Å². The molecule has 4 N–H and O–H groups in total.